The molecule has 0 spiro atoms. The monoisotopic (exact) mass is 274 g/mol. The highest BCUT2D eigenvalue weighted by atomic mass is 19.4. The molecule has 1 aromatic rings. The molecule has 1 N–H and O–H groups in total. The van der Waals surface area contributed by atoms with Crippen molar-refractivity contribution in [2.75, 3.05) is 11.9 Å². The summed E-state index contributed by atoms with van der Waals surface area (Å²) in [6, 6.07) is 3.58. The quantitative estimate of drug-likeness (QED) is 0.910. The summed E-state index contributed by atoms with van der Waals surface area (Å²) in [4.78, 5) is 3.86. The lowest BCUT2D eigenvalue weighted by Crippen LogP contribution is -2.19. The van der Waals surface area contributed by atoms with Crippen LogP contribution >= 0.6 is 0 Å². The van der Waals surface area contributed by atoms with Crippen molar-refractivity contribution in [1.82, 2.24) is 4.98 Å². The van der Waals surface area contributed by atoms with Gasteiger partial charge in [0, 0.05) is 12.1 Å². The Morgan fingerprint density at radius 1 is 1.37 bits per heavy atom. The van der Waals surface area contributed by atoms with E-state index >= 15 is 0 Å². The lowest BCUT2D eigenvalue weighted by molar-refractivity contribution is -0.154. The van der Waals surface area contributed by atoms with E-state index in [0.29, 0.717) is 6.04 Å². The van der Waals surface area contributed by atoms with Crippen LogP contribution in [-0.4, -0.2) is 23.8 Å². The van der Waals surface area contributed by atoms with Crippen molar-refractivity contribution in [2.24, 2.45) is 5.92 Å². The summed E-state index contributed by atoms with van der Waals surface area (Å²) >= 11 is 0. The molecule has 0 bridgehead atoms. The van der Waals surface area contributed by atoms with E-state index in [4.69, 9.17) is 0 Å². The summed E-state index contributed by atoms with van der Waals surface area (Å²) in [6.45, 7) is 0.904. The SMILES string of the molecule is CC1CCC(Nc2ccc(OCC(F)(F)F)nc2)C1. The van der Waals surface area contributed by atoms with Gasteiger partial charge in [0.1, 0.15) is 0 Å². The van der Waals surface area contributed by atoms with Gasteiger partial charge >= 0.3 is 6.18 Å². The fourth-order valence-corrected chi connectivity index (χ4v) is 2.28. The van der Waals surface area contributed by atoms with Crippen molar-refractivity contribution in [3.63, 3.8) is 0 Å². The molecule has 3 nitrogen and oxygen atoms in total. The second-order valence-electron chi connectivity index (χ2n) is 5.05. The molecule has 0 aliphatic heterocycles. The lowest BCUT2D eigenvalue weighted by Gasteiger charge is -2.14. The van der Waals surface area contributed by atoms with Crippen LogP contribution in [0.2, 0.25) is 0 Å². The molecule has 1 saturated carbocycles. The van der Waals surface area contributed by atoms with Crippen molar-refractivity contribution >= 4 is 5.69 Å². The molecule has 1 aliphatic rings. The number of hydrogen-bond donors (Lipinski definition) is 1. The highest BCUT2D eigenvalue weighted by molar-refractivity contribution is 5.43. The van der Waals surface area contributed by atoms with Crippen molar-refractivity contribution in [3.05, 3.63) is 18.3 Å². The summed E-state index contributed by atoms with van der Waals surface area (Å²) in [5.74, 6) is 0.711. The zero-order chi connectivity index (χ0) is 13.9. The number of aromatic nitrogens is 1. The number of halogens is 3. The highest BCUT2D eigenvalue weighted by Crippen LogP contribution is 2.27. The van der Waals surface area contributed by atoms with Crippen molar-refractivity contribution in [3.8, 4) is 5.88 Å². The zero-order valence-corrected chi connectivity index (χ0v) is 10.7. The van der Waals surface area contributed by atoms with Gasteiger partial charge in [0.05, 0.1) is 11.9 Å². The van der Waals surface area contributed by atoms with Gasteiger partial charge in [-0.15, -0.1) is 0 Å². The van der Waals surface area contributed by atoms with Crippen LogP contribution in [0.25, 0.3) is 0 Å². The van der Waals surface area contributed by atoms with Gasteiger partial charge in [-0.3, -0.25) is 0 Å². The van der Waals surface area contributed by atoms with E-state index in [0.717, 1.165) is 24.4 Å². The Hall–Kier alpha value is -1.46. The molecule has 1 fully saturated rings. The van der Waals surface area contributed by atoms with Crippen molar-refractivity contribution in [1.29, 1.82) is 0 Å². The maximum atomic E-state index is 12.0. The maximum absolute atomic E-state index is 12.0. The average Bonchev–Trinajstić information content (AvgIpc) is 2.73. The number of anilines is 1. The van der Waals surface area contributed by atoms with Gasteiger partial charge in [-0.2, -0.15) is 13.2 Å². The smallest absolute Gasteiger partial charge is 0.422 e. The van der Waals surface area contributed by atoms with Crippen molar-refractivity contribution in [2.45, 2.75) is 38.4 Å². The summed E-state index contributed by atoms with van der Waals surface area (Å²) in [7, 11) is 0. The molecule has 19 heavy (non-hydrogen) atoms. The minimum absolute atomic E-state index is 0.0114. The van der Waals surface area contributed by atoms with Crippen LogP contribution in [0.4, 0.5) is 18.9 Å². The molecule has 2 unspecified atom stereocenters. The molecule has 106 valence electrons. The van der Waals surface area contributed by atoms with E-state index in [1.165, 1.54) is 18.7 Å². The van der Waals surface area contributed by atoms with Gasteiger partial charge in [-0.05, 0) is 31.2 Å². The van der Waals surface area contributed by atoms with Gasteiger partial charge < -0.3 is 10.1 Å². The second-order valence-corrected chi connectivity index (χ2v) is 5.05. The number of hydrogen-bond acceptors (Lipinski definition) is 3. The predicted molar refractivity (Wildman–Crippen MR) is 66.2 cm³/mol. The van der Waals surface area contributed by atoms with Crippen LogP contribution in [0.3, 0.4) is 0 Å². The number of alkyl halides is 3. The van der Waals surface area contributed by atoms with Crippen LogP contribution < -0.4 is 10.1 Å². The van der Waals surface area contributed by atoms with E-state index in [1.807, 2.05) is 0 Å². The van der Waals surface area contributed by atoms with Crippen molar-refractivity contribution < 1.29 is 17.9 Å². The Balaban J connectivity index is 1.84. The first-order valence-corrected chi connectivity index (χ1v) is 6.34. The largest absolute Gasteiger partial charge is 0.468 e. The van der Waals surface area contributed by atoms with Crippen LogP contribution in [0.5, 0.6) is 5.88 Å². The molecular formula is C13H17F3N2O. The van der Waals surface area contributed by atoms with Crippen LogP contribution in [-0.2, 0) is 0 Å². The molecule has 2 atom stereocenters. The van der Waals surface area contributed by atoms with Gasteiger partial charge in [0.15, 0.2) is 6.61 Å². The molecule has 1 aromatic heterocycles. The van der Waals surface area contributed by atoms with Crippen LogP contribution in [0.1, 0.15) is 26.2 Å². The Kier molecular flexibility index (Phi) is 4.17. The molecule has 6 heteroatoms. The molecule has 0 amide bonds. The van der Waals surface area contributed by atoms with E-state index in [9.17, 15) is 13.2 Å². The van der Waals surface area contributed by atoms with E-state index in [2.05, 4.69) is 22.0 Å². The number of pyridine rings is 1. The molecule has 1 aliphatic carbocycles. The van der Waals surface area contributed by atoms with Crippen LogP contribution in [0, 0.1) is 5.92 Å². The molecule has 2 rings (SSSR count). The Morgan fingerprint density at radius 3 is 2.68 bits per heavy atom. The maximum Gasteiger partial charge on any atom is 0.422 e. The normalized spacial score (nSPS) is 23.4. The van der Waals surface area contributed by atoms with E-state index in [1.54, 1.807) is 6.07 Å². The highest BCUT2D eigenvalue weighted by Gasteiger charge is 2.28. The molecule has 0 aromatic carbocycles. The topological polar surface area (TPSA) is 34.1 Å². The zero-order valence-electron chi connectivity index (χ0n) is 10.7. The first-order chi connectivity index (χ1) is 8.92. The van der Waals surface area contributed by atoms with Gasteiger partial charge in [-0.1, -0.05) is 6.92 Å². The lowest BCUT2D eigenvalue weighted by atomic mass is 10.1. The third-order valence-corrected chi connectivity index (χ3v) is 3.19. The fourth-order valence-electron chi connectivity index (χ4n) is 2.28. The molecular weight excluding hydrogens is 257 g/mol. The number of ether oxygens (including phenoxy) is 1. The standard InChI is InChI=1S/C13H17F3N2O/c1-9-2-3-10(6-9)18-11-4-5-12(17-7-11)19-8-13(14,15)16/h4-5,7,9-10,18H,2-3,6,8H2,1H3. The number of nitrogens with zero attached hydrogens (tertiary/aromatic N) is 1. The summed E-state index contributed by atoms with van der Waals surface area (Å²) in [5, 5.41) is 3.33. The second kappa shape index (κ2) is 5.67. The third kappa shape index (κ3) is 4.61. The first-order valence-electron chi connectivity index (χ1n) is 6.34. The van der Waals surface area contributed by atoms with Gasteiger partial charge in [0.25, 0.3) is 0 Å². The average molecular weight is 274 g/mol. The Bertz CT molecular complexity index is 405. The predicted octanol–water partition coefficient (Wildman–Crippen LogP) is 3.62. The first kappa shape index (κ1) is 14.0. The number of nitrogens with one attached hydrogen (secondary N) is 1. The number of rotatable bonds is 4. The minimum Gasteiger partial charge on any atom is -0.468 e. The Morgan fingerprint density at radius 2 is 2.16 bits per heavy atom. The molecule has 0 saturated heterocycles. The van der Waals surface area contributed by atoms with Crippen LogP contribution in [0.15, 0.2) is 18.3 Å². The molecule has 1 heterocycles. The van der Waals surface area contributed by atoms with E-state index in [-0.39, 0.29) is 5.88 Å². The summed E-state index contributed by atoms with van der Waals surface area (Å²) in [6.07, 6.45) is 0.616. The fraction of sp³-hybridized carbons (Fsp3) is 0.615. The third-order valence-electron chi connectivity index (χ3n) is 3.19. The summed E-state index contributed by atoms with van der Waals surface area (Å²) < 4.78 is 40.4. The Labute approximate surface area is 110 Å². The van der Waals surface area contributed by atoms with E-state index < -0.39 is 12.8 Å². The summed E-state index contributed by atoms with van der Waals surface area (Å²) in [5.41, 5.74) is 0.818. The minimum atomic E-state index is -4.33. The van der Waals surface area contributed by atoms with Gasteiger partial charge in [-0.25, -0.2) is 4.98 Å². The van der Waals surface area contributed by atoms with Gasteiger partial charge in [0.2, 0.25) is 5.88 Å². The molecule has 0 radical (unpaired) electrons.